The van der Waals surface area contributed by atoms with E-state index < -0.39 is 0 Å². The van der Waals surface area contributed by atoms with E-state index in [2.05, 4.69) is 29.0 Å². The standard InChI is InChI=1S/C18H26ClN3O/c1-3-22(11-12-23)10-4-5-14(2)21-17-8-9-20-18-13-15(19)6-7-16(17)18/h6-9,13-14,23H,3-5,10-12H2,1-2H3,(H,20,21)/i6+1,7+1,13+1,15+1,16+1,18+1. The molecule has 1 atom stereocenters. The summed E-state index contributed by atoms with van der Waals surface area (Å²) in [7, 11) is 0. The highest BCUT2D eigenvalue weighted by Gasteiger charge is 2.08. The molecule has 5 heteroatoms. The van der Waals surface area contributed by atoms with Crippen LogP contribution >= 0.6 is 11.6 Å². The molecule has 0 aliphatic rings. The van der Waals surface area contributed by atoms with Crippen LogP contribution in [0.15, 0.2) is 30.5 Å². The van der Waals surface area contributed by atoms with Gasteiger partial charge in [-0.25, -0.2) is 0 Å². The van der Waals surface area contributed by atoms with E-state index in [9.17, 15) is 0 Å². The molecule has 0 spiro atoms. The van der Waals surface area contributed by atoms with E-state index in [4.69, 9.17) is 16.7 Å². The maximum Gasteiger partial charge on any atom is 0.0737 e. The van der Waals surface area contributed by atoms with Crippen LogP contribution in [0.1, 0.15) is 26.7 Å². The van der Waals surface area contributed by atoms with Crippen LogP contribution in [-0.4, -0.2) is 47.3 Å². The number of likely N-dealkylation sites (N-methyl/N-ethyl adjacent to an activating group) is 1. The van der Waals surface area contributed by atoms with Crippen molar-refractivity contribution < 1.29 is 5.11 Å². The summed E-state index contributed by atoms with van der Waals surface area (Å²) in [5.41, 5.74) is 2.01. The zero-order valence-corrected chi connectivity index (χ0v) is 14.7. The molecule has 0 aliphatic carbocycles. The monoisotopic (exact) mass is 341 g/mol. The van der Waals surface area contributed by atoms with Crippen molar-refractivity contribution in [3.8, 4) is 0 Å². The number of fused-ring (bicyclic) bond motifs is 1. The smallest absolute Gasteiger partial charge is 0.0737 e. The van der Waals surface area contributed by atoms with Gasteiger partial charge in [-0.1, -0.05) is 18.5 Å². The summed E-state index contributed by atoms with van der Waals surface area (Å²) >= 11 is 6.03. The molecule has 1 aromatic carbocycles. The van der Waals surface area contributed by atoms with Gasteiger partial charge in [0.1, 0.15) is 0 Å². The number of aliphatic hydroxyl groups excluding tert-OH is 1. The van der Waals surface area contributed by atoms with Crippen LogP contribution in [0.3, 0.4) is 0 Å². The molecule has 23 heavy (non-hydrogen) atoms. The molecule has 2 aromatic rings. The van der Waals surface area contributed by atoms with Gasteiger partial charge in [0.05, 0.1) is 12.1 Å². The number of hydrogen-bond donors (Lipinski definition) is 2. The van der Waals surface area contributed by atoms with Gasteiger partial charge in [0.25, 0.3) is 0 Å². The number of benzene rings is 1. The normalized spacial score (nSPS) is 12.7. The summed E-state index contributed by atoms with van der Waals surface area (Å²) in [4.78, 5) is 6.65. The molecule has 0 bridgehead atoms. The van der Waals surface area contributed by atoms with Crippen LogP contribution in [-0.2, 0) is 0 Å². The number of nitrogens with zero attached hydrogens (tertiary/aromatic N) is 2. The van der Waals surface area contributed by atoms with Crippen molar-refractivity contribution in [2.24, 2.45) is 0 Å². The van der Waals surface area contributed by atoms with E-state index in [1.165, 1.54) is 0 Å². The first-order valence-electron chi connectivity index (χ1n) is 8.28. The largest absolute Gasteiger partial charge is 0.395 e. The van der Waals surface area contributed by atoms with Crippen LogP contribution < -0.4 is 5.32 Å². The Morgan fingerprint density at radius 1 is 1.30 bits per heavy atom. The molecule has 0 saturated carbocycles. The molecule has 1 unspecified atom stereocenters. The maximum atomic E-state index is 9.02. The molecule has 0 radical (unpaired) electrons. The van der Waals surface area contributed by atoms with Crippen LogP contribution in [0.2, 0.25) is 5.02 Å². The van der Waals surface area contributed by atoms with Crippen molar-refractivity contribution >= 4 is 28.2 Å². The fourth-order valence-corrected chi connectivity index (χ4v) is 2.94. The highest BCUT2D eigenvalue weighted by Crippen LogP contribution is 2.25. The van der Waals surface area contributed by atoms with E-state index in [0.717, 1.165) is 49.1 Å². The molecule has 1 aromatic heterocycles. The van der Waals surface area contributed by atoms with Gasteiger partial charge in [0, 0.05) is 34.9 Å². The third kappa shape index (κ3) is 5.34. The number of aromatic nitrogens is 1. The second-order valence-electron chi connectivity index (χ2n) is 5.87. The molecule has 1 heterocycles. The van der Waals surface area contributed by atoms with Gasteiger partial charge in [-0.15, -0.1) is 0 Å². The topological polar surface area (TPSA) is 48.4 Å². The van der Waals surface area contributed by atoms with Crippen LogP contribution in [0, 0.1) is 0 Å². The highest BCUT2D eigenvalue weighted by molar-refractivity contribution is 6.31. The lowest BCUT2D eigenvalue weighted by molar-refractivity contribution is 0.199. The molecular formula is C18H26ClN3O. The minimum Gasteiger partial charge on any atom is -0.395 e. The Hall–Kier alpha value is -1.36. The number of rotatable bonds is 9. The van der Waals surface area contributed by atoms with Gasteiger partial charge in [0.15, 0.2) is 0 Å². The van der Waals surface area contributed by atoms with Gasteiger partial charge in [-0.05, 0) is 57.1 Å². The second-order valence-corrected chi connectivity index (χ2v) is 6.30. The van der Waals surface area contributed by atoms with Crippen molar-refractivity contribution in [2.75, 3.05) is 31.6 Å². The minimum atomic E-state index is 0.229. The van der Waals surface area contributed by atoms with Gasteiger partial charge in [0.2, 0.25) is 0 Å². The molecular weight excluding hydrogens is 316 g/mol. The number of nitrogens with one attached hydrogen (secondary N) is 1. The van der Waals surface area contributed by atoms with Crippen molar-refractivity contribution in [1.29, 1.82) is 0 Å². The van der Waals surface area contributed by atoms with Crippen LogP contribution in [0.4, 0.5) is 5.69 Å². The van der Waals surface area contributed by atoms with Crippen LogP contribution in [0.25, 0.3) is 10.9 Å². The third-order valence-corrected chi connectivity index (χ3v) is 4.32. The Kier molecular flexibility index (Phi) is 7.09. The second kappa shape index (κ2) is 9.06. The number of hydrogen-bond acceptors (Lipinski definition) is 4. The van der Waals surface area contributed by atoms with Gasteiger partial charge < -0.3 is 15.3 Å². The van der Waals surface area contributed by atoms with Gasteiger partial charge in [-0.2, -0.15) is 0 Å². The average molecular weight is 342 g/mol. The average Bonchev–Trinajstić information content (AvgIpc) is 2.54. The Morgan fingerprint density at radius 2 is 2.13 bits per heavy atom. The Morgan fingerprint density at radius 3 is 2.87 bits per heavy atom. The summed E-state index contributed by atoms with van der Waals surface area (Å²) in [5, 5.41) is 14.4. The molecule has 0 fully saturated rings. The molecule has 0 amide bonds. The summed E-state index contributed by atoms with van der Waals surface area (Å²) in [6, 6.07) is 8.19. The summed E-state index contributed by atoms with van der Waals surface area (Å²) < 4.78 is 0. The molecule has 0 saturated heterocycles. The predicted octanol–water partition coefficient (Wildman–Crippen LogP) is 3.78. The highest BCUT2D eigenvalue weighted by atomic mass is 35.5. The summed E-state index contributed by atoms with van der Waals surface area (Å²) in [5.74, 6) is 0. The minimum absolute atomic E-state index is 0.229. The molecule has 2 rings (SSSR count). The number of anilines is 1. The Bertz CT molecular complexity index is 620. The number of halogens is 1. The lowest BCUT2D eigenvalue weighted by Crippen LogP contribution is -2.28. The molecule has 2 N–H and O–H groups in total. The van der Waals surface area contributed by atoms with E-state index in [1.54, 1.807) is 0 Å². The van der Waals surface area contributed by atoms with Crippen molar-refractivity contribution in [3.63, 3.8) is 0 Å². The lowest BCUT2D eigenvalue weighted by Gasteiger charge is -2.21. The van der Waals surface area contributed by atoms with Crippen molar-refractivity contribution in [2.45, 2.75) is 32.7 Å². The molecule has 0 aliphatic heterocycles. The predicted molar refractivity (Wildman–Crippen MR) is 98.3 cm³/mol. The maximum absolute atomic E-state index is 9.02. The summed E-state index contributed by atoms with van der Waals surface area (Å²) in [6.07, 6.45) is 4.00. The molecule has 126 valence electrons. The first-order valence-corrected chi connectivity index (χ1v) is 8.66. The van der Waals surface area contributed by atoms with E-state index in [1.807, 2.05) is 30.5 Å². The first kappa shape index (κ1) is 18.0. The molecule has 4 nitrogen and oxygen atoms in total. The third-order valence-electron chi connectivity index (χ3n) is 4.08. The lowest BCUT2D eigenvalue weighted by atomic mass is 10.1. The quantitative estimate of drug-likeness (QED) is 0.728. The fraction of sp³-hybridized carbons (Fsp3) is 0.500. The Labute approximate surface area is 143 Å². The van der Waals surface area contributed by atoms with Crippen molar-refractivity contribution in [1.82, 2.24) is 9.88 Å². The van der Waals surface area contributed by atoms with Crippen molar-refractivity contribution in [3.05, 3.63) is 35.5 Å². The van der Waals surface area contributed by atoms with E-state index in [-0.39, 0.29) is 6.61 Å². The van der Waals surface area contributed by atoms with E-state index >= 15 is 0 Å². The zero-order chi connectivity index (χ0) is 16.7. The fourth-order valence-electron chi connectivity index (χ4n) is 2.78. The van der Waals surface area contributed by atoms with Gasteiger partial charge >= 0.3 is 0 Å². The number of aliphatic hydroxyl groups is 1. The number of pyridine rings is 1. The van der Waals surface area contributed by atoms with E-state index in [0.29, 0.717) is 11.1 Å². The zero-order valence-electron chi connectivity index (χ0n) is 13.9. The van der Waals surface area contributed by atoms with Gasteiger partial charge in [-0.3, -0.25) is 4.98 Å². The summed E-state index contributed by atoms with van der Waals surface area (Å²) in [6.45, 7) is 7.32. The first-order chi connectivity index (χ1) is 11.1. The SMILES string of the molecule is CCN(CCO)CCCC(C)Nc1ccn[13c]2[13cH][13c](Cl)[13cH][13cH][13c]12. The Balaban J connectivity index is 1.91. The van der Waals surface area contributed by atoms with Crippen LogP contribution in [0.5, 0.6) is 0 Å².